The van der Waals surface area contributed by atoms with E-state index in [-0.39, 0.29) is 4.90 Å². The second-order valence-corrected chi connectivity index (χ2v) is 8.09. The van der Waals surface area contributed by atoms with Gasteiger partial charge in [-0.1, -0.05) is 53.7 Å². The van der Waals surface area contributed by atoms with E-state index >= 15 is 0 Å². The fourth-order valence-corrected chi connectivity index (χ4v) is 3.87. The summed E-state index contributed by atoms with van der Waals surface area (Å²) in [6.07, 6.45) is 1.57. The zero-order valence-corrected chi connectivity index (χ0v) is 15.1. The average Bonchev–Trinajstić information content (AvgIpc) is 3.09. The smallest absolute Gasteiger partial charge is 0.277 e. The molecule has 0 saturated heterocycles. The van der Waals surface area contributed by atoms with Crippen molar-refractivity contribution in [1.29, 1.82) is 0 Å². The van der Waals surface area contributed by atoms with Gasteiger partial charge in [-0.25, -0.2) is 8.42 Å². The molecule has 0 atom stereocenters. The van der Waals surface area contributed by atoms with E-state index < -0.39 is 9.84 Å². The lowest BCUT2D eigenvalue weighted by Gasteiger charge is -1.97. The van der Waals surface area contributed by atoms with E-state index in [0.29, 0.717) is 16.9 Å². The quantitative estimate of drug-likeness (QED) is 0.606. The van der Waals surface area contributed by atoms with E-state index in [1.807, 2.05) is 31.2 Å². The molecule has 25 heavy (non-hydrogen) atoms. The number of aromatic nitrogens is 2. The zero-order chi connectivity index (χ0) is 17.7. The molecule has 0 fully saturated rings. The lowest BCUT2D eigenvalue weighted by atomic mass is 10.1. The van der Waals surface area contributed by atoms with Gasteiger partial charge in [0.05, 0.1) is 4.90 Å². The highest BCUT2D eigenvalue weighted by molar-refractivity contribution is 7.99. The molecule has 1 heterocycles. The standard InChI is InChI=1S/C18H16N2O3S2/c1-14-7-5-8-15(13-14)17-19-20-18(23-17)24-11-6-12-25(21,22)16-9-3-2-4-10-16/h2-10,12-13H,11H2,1H3. The summed E-state index contributed by atoms with van der Waals surface area (Å²) in [6.45, 7) is 1.99. The first-order valence-electron chi connectivity index (χ1n) is 7.55. The molecule has 0 aliphatic heterocycles. The molecule has 0 unspecified atom stereocenters. The van der Waals surface area contributed by atoms with Gasteiger partial charge in [-0.05, 0) is 31.2 Å². The van der Waals surface area contributed by atoms with Crippen LogP contribution < -0.4 is 0 Å². The van der Waals surface area contributed by atoms with Crippen molar-refractivity contribution < 1.29 is 12.8 Å². The van der Waals surface area contributed by atoms with E-state index in [0.717, 1.165) is 11.1 Å². The minimum Gasteiger partial charge on any atom is -0.411 e. The van der Waals surface area contributed by atoms with Gasteiger partial charge in [0.1, 0.15) is 0 Å². The number of benzene rings is 2. The Labute approximate surface area is 150 Å². The molecule has 0 bridgehead atoms. The molecule has 0 radical (unpaired) electrons. The van der Waals surface area contributed by atoms with Gasteiger partial charge in [0.2, 0.25) is 5.89 Å². The molecule has 3 aromatic rings. The summed E-state index contributed by atoms with van der Waals surface area (Å²) >= 11 is 1.28. The number of nitrogens with zero attached hydrogens (tertiary/aromatic N) is 2. The summed E-state index contributed by atoms with van der Waals surface area (Å²) in [5.74, 6) is 0.869. The average molecular weight is 372 g/mol. The van der Waals surface area contributed by atoms with Gasteiger partial charge < -0.3 is 4.42 Å². The van der Waals surface area contributed by atoms with Crippen LogP contribution >= 0.6 is 11.8 Å². The number of sulfone groups is 1. The molecule has 0 N–H and O–H groups in total. The molecular formula is C18H16N2O3S2. The highest BCUT2D eigenvalue weighted by atomic mass is 32.2. The highest BCUT2D eigenvalue weighted by Crippen LogP contribution is 2.24. The van der Waals surface area contributed by atoms with Crippen molar-refractivity contribution in [1.82, 2.24) is 10.2 Å². The van der Waals surface area contributed by atoms with Gasteiger partial charge in [-0.2, -0.15) is 0 Å². The fraction of sp³-hybridized carbons (Fsp3) is 0.111. The van der Waals surface area contributed by atoms with E-state index in [4.69, 9.17) is 4.42 Å². The van der Waals surface area contributed by atoms with Crippen LogP contribution in [-0.4, -0.2) is 24.4 Å². The van der Waals surface area contributed by atoms with E-state index in [1.54, 1.807) is 36.4 Å². The molecule has 0 saturated carbocycles. The van der Waals surface area contributed by atoms with Gasteiger partial charge in [0.15, 0.2) is 9.84 Å². The molecule has 0 aliphatic carbocycles. The van der Waals surface area contributed by atoms with Crippen LogP contribution in [0, 0.1) is 6.92 Å². The summed E-state index contributed by atoms with van der Waals surface area (Å²) in [6, 6.07) is 16.1. The third kappa shape index (κ3) is 4.58. The normalized spacial score (nSPS) is 11.9. The minimum atomic E-state index is -3.42. The third-order valence-electron chi connectivity index (χ3n) is 3.32. The van der Waals surface area contributed by atoms with Crippen molar-refractivity contribution in [3.05, 3.63) is 71.6 Å². The molecule has 128 valence electrons. The zero-order valence-electron chi connectivity index (χ0n) is 13.5. The van der Waals surface area contributed by atoms with Crippen molar-refractivity contribution >= 4 is 21.6 Å². The second-order valence-electron chi connectivity index (χ2n) is 5.28. The topological polar surface area (TPSA) is 73.1 Å². The van der Waals surface area contributed by atoms with Crippen molar-refractivity contribution in [3.63, 3.8) is 0 Å². The molecule has 0 amide bonds. The van der Waals surface area contributed by atoms with Crippen LogP contribution in [0.25, 0.3) is 11.5 Å². The van der Waals surface area contributed by atoms with E-state index in [1.165, 1.54) is 17.2 Å². The minimum absolute atomic E-state index is 0.274. The Kier molecular flexibility index (Phi) is 5.35. The Bertz CT molecular complexity index is 980. The van der Waals surface area contributed by atoms with E-state index in [2.05, 4.69) is 10.2 Å². The molecule has 7 heteroatoms. The van der Waals surface area contributed by atoms with Crippen molar-refractivity contribution in [3.8, 4) is 11.5 Å². The molecular weight excluding hydrogens is 356 g/mol. The maximum absolute atomic E-state index is 12.1. The van der Waals surface area contributed by atoms with Crippen LogP contribution in [-0.2, 0) is 9.84 Å². The number of hydrogen-bond acceptors (Lipinski definition) is 6. The highest BCUT2D eigenvalue weighted by Gasteiger charge is 2.10. The maximum atomic E-state index is 12.1. The molecule has 2 aromatic carbocycles. The third-order valence-corrected chi connectivity index (χ3v) is 5.57. The first-order valence-corrected chi connectivity index (χ1v) is 10.1. The van der Waals surface area contributed by atoms with Gasteiger partial charge in [0, 0.05) is 16.7 Å². The van der Waals surface area contributed by atoms with Crippen molar-refractivity contribution in [2.24, 2.45) is 0 Å². The Morgan fingerprint density at radius 1 is 1.08 bits per heavy atom. The molecule has 5 nitrogen and oxygen atoms in total. The van der Waals surface area contributed by atoms with Crippen LogP contribution in [0.1, 0.15) is 5.56 Å². The monoisotopic (exact) mass is 372 g/mol. The Hall–Kier alpha value is -2.38. The SMILES string of the molecule is Cc1cccc(-c2nnc(SCC=CS(=O)(=O)c3ccccc3)o2)c1. The summed E-state index contributed by atoms with van der Waals surface area (Å²) < 4.78 is 29.8. The number of hydrogen-bond donors (Lipinski definition) is 0. The molecule has 0 spiro atoms. The van der Waals surface area contributed by atoms with Crippen molar-refractivity contribution in [2.75, 3.05) is 5.75 Å². The Morgan fingerprint density at radius 3 is 2.64 bits per heavy atom. The van der Waals surface area contributed by atoms with Crippen molar-refractivity contribution in [2.45, 2.75) is 17.0 Å². The summed E-state index contributed by atoms with van der Waals surface area (Å²) in [5, 5.41) is 9.60. The number of aryl methyl sites for hydroxylation is 1. The van der Waals surface area contributed by atoms with Crippen LogP contribution in [0.5, 0.6) is 0 Å². The fourth-order valence-electron chi connectivity index (χ4n) is 2.14. The first-order chi connectivity index (χ1) is 12.0. The molecule has 3 rings (SSSR count). The van der Waals surface area contributed by atoms with Gasteiger partial charge >= 0.3 is 0 Å². The lowest BCUT2D eigenvalue weighted by Crippen LogP contribution is -1.95. The maximum Gasteiger partial charge on any atom is 0.277 e. The van der Waals surface area contributed by atoms with Crippen LogP contribution in [0.2, 0.25) is 0 Å². The Morgan fingerprint density at radius 2 is 1.88 bits per heavy atom. The second kappa shape index (κ2) is 7.67. The first kappa shape index (κ1) is 17.4. The Balaban J connectivity index is 1.61. The number of rotatable bonds is 6. The van der Waals surface area contributed by atoms with Crippen LogP contribution in [0.15, 0.2) is 80.6 Å². The lowest BCUT2D eigenvalue weighted by molar-refractivity contribution is 0.466. The predicted octanol–water partition coefficient (Wildman–Crippen LogP) is 4.12. The van der Waals surface area contributed by atoms with Gasteiger partial charge in [-0.15, -0.1) is 10.2 Å². The van der Waals surface area contributed by atoms with Crippen LogP contribution in [0.3, 0.4) is 0 Å². The molecule has 1 aromatic heterocycles. The van der Waals surface area contributed by atoms with Gasteiger partial charge in [-0.3, -0.25) is 0 Å². The largest absolute Gasteiger partial charge is 0.411 e. The summed E-state index contributed by atoms with van der Waals surface area (Å²) in [4.78, 5) is 0.274. The molecule has 0 aliphatic rings. The summed E-state index contributed by atoms with van der Waals surface area (Å²) in [5.41, 5.74) is 1.97. The number of thioether (sulfide) groups is 1. The predicted molar refractivity (Wildman–Crippen MR) is 98.0 cm³/mol. The summed E-state index contributed by atoms with van der Waals surface area (Å²) in [7, 11) is -3.42. The van der Waals surface area contributed by atoms with E-state index in [9.17, 15) is 8.42 Å². The van der Waals surface area contributed by atoms with Gasteiger partial charge in [0.25, 0.3) is 5.22 Å². The van der Waals surface area contributed by atoms with Crippen LogP contribution in [0.4, 0.5) is 0 Å².